The molecule has 4 heteroatoms. The smallest absolute Gasteiger partial charge is 0.151 e. The number of halogens is 2. The van der Waals surface area contributed by atoms with Crippen LogP contribution in [0.15, 0.2) is 12.1 Å². The normalized spacial score (nSPS) is 21.2. The standard InChI is InChI=1S/C11H12F2N2/c12-7-4-8(13)10-9(5-7)15-11(6-14-10)2-1-3-11/h4-5,14-15H,1-3,6H2. The van der Waals surface area contributed by atoms with Crippen LogP contribution in [-0.4, -0.2) is 12.1 Å². The molecule has 1 heterocycles. The molecule has 0 radical (unpaired) electrons. The second-order valence-corrected chi connectivity index (χ2v) is 4.42. The first kappa shape index (κ1) is 8.95. The number of hydrogen-bond acceptors (Lipinski definition) is 2. The fraction of sp³-hybridized carbons (Fsp3) is 0.455. The molecule has 1 aliphatic heterocycles. The molecule has 2 aliphatic rings. The van der Waals surface area contributed by atoms with E-state index < -0.39 is 11.6 Å². The van der Waals surface area contributed by atoms with Crippen LogP contribution >= 0.6 is 0 Å². The van der Waals surface area contributed by atoms with Crippen molar-refractivity contribution in [3.63, 3.8) is 0 Å². The van der Waals surface area contributed by atoms with Gasteiger partial charge in [0, 0.05) is 12.6 Å². The highest BCUT2D eigenvalue weighted by Crippen LogP contribution is 2.42. The van der Waals surface area contributed by atoms with E-state index in [0.29, 0.717) is 11.4 Å². The maximum absolute atomic E-state index is 13.4. The van der Waals surface area contributed by atoms with Crippen molar-refractivity contribution in [1.82, 2.24) is 0 Å². The van der Waals surface area contributed by atoms with Crippen molar-refractivity contribution in [1.29, 1.82) is 0 Å². The first-order valence-electron chi connectivity index (χ1n) is 5.20. The second-order valence-electron chi connectivity index (χ2n) is 4.42. The Balaban J connectivity index is 2.01. The summed E-state index contributed by atoms with van der Waals surface area (Å²) in [7, 11) is 0. The highest BCUT2D eigenvalue weighted by Gasteiger charge is 2.40. The Labute approximate surface area is 86.7 Å². The van der Waals surface area contributed by atoms with Crippen LogP contribution in [0.3, 0.4) is 0 Å². The molecule has 1 aromatic carbocycles. The Hall–Kier alpha value is -1.32. The molecule has 1 fully saturated rings. The van der Waals surface area contributed by atoms with Crippen molar-refractivity contribution in [2.75, 3.05) is 17.2 Å². The molecule has 3 rings (SSSR count). The average Bonchev–Trinajstić information content (AvgIpc) is 2.14. The third kappa shape index (κ3) is 1.28. The minimum atomic E-state index is -0.531. The molecule has 0 atom stereocenters. The van der Waals surface area contributed by atoms with Crippen LogP contribution in [0.4, 0.5) is 20.2 Å². The number of fused-ring (bicyclic) bond motifs is 1. The van der Waals surface area contributed by atoms with Gasteiger partial charge in [0.2, 0.25) is 0 Å². The minimum Gasteiger partial charge on any atom is -0.379 e. The summed E-state index contributed by atoms with van der Waals surface area (Å²) in [6.07, 6.45) is 3.32. The van der Waals surface area contributed by atoms with E-state index in [2.05, 4.69) is 10.6 Å². The van der Waals surface area contributed by atoms with Crippen LogP contribution < -0.4 is 10.6 Å². The van der Waals surface area contributed by atoms with Gasteiger partial charge in [-0.05, 0) is 25.3 Å². The summed E-state index contributed by atoms with van der Waals surface area (Å²) in [6.45, 7) is 0.725. The summed E-state index contributed by atoms with van der Waals surface area (Å²) < 4.78 is 26.4. The summed E-state index contributed by atoms with van der Waals surface area (Å²) in [4.78, 5) is 0. The van der Waals surface area contributed by atoms with Crippen LogP contribution in [0.1, 0.15) is 19.3 Å². The second kappa shape index (κ2) is 2.84. The molecule has 2 N–H and O–H groups in total. The van der Waals surface area contributed by atoms with Gasteiger partial charge in [-0.1, -0.05) is 0 Å². The molecule has 1 aromatic rings. The van der Waals surface area contributed by atoms with E-state index in [9.17, 15) is 8.78 Å². The van der Waals surface area contributed by atoms with Gasteiger partial charge in [0.1, 0.15) is 5.82 Å². The van der Waals surface area contributed by atoms with E-state index in [0.717, 1.165) is 25.5 Å². The number of rotatable bonds is 0. The van der Waals surface area contributed by atoms with E-state index in [1.807, 2.05) is 0 Å². The number of benzene rings is 1. The molecular weight excluding hydrogens is 198 g/mol. The quantitative estimate of drug-likeness (QED) is 0.688. The van der Waals surface area contributed by atoms with Crippen molar-refractivity contribution in [3.8, 4) is 0 Å². The van der Waals surface area contributed by atoms with Crippen molar-refractivity contribution in [2.24, 2.45) is 0 Å². The molecule has 1 aliphatic carbocycles. The van der Waals surface area contributed by atoms with Gasteiger partial charge in [0.05, 0.1) is 16.9 Å². The summed E-state index contributed by atoms with van der Waals surface area (Å²) >= 11 is 0. The largest absolute Gasteiger partial charge is 0.379 e. The zero-order chi connectivity index (χ0) is 10.5. The van der Waals surface area contributed by atoms with E-state index in [-0.39, 0.29) is 5.54 Å². The van der Waals surface area contributed by atoms with Gasteiger partial charge in [-0.2, -0.15) is 0 Å². The van der Waals surface area contributed by atoms with E-state index >= 15 is 0 Å². The zero-order valence-corrected chi connectivity index (χ0v) is 8.24. The number of nitrogens with one attached hydrogen (secondary N) is 2. The summed E-state index contributed by atoms with van der Waals surface area (Å²) in [5, 5.41) is 6.30. The first-order chi connectivity index (χ1) is 7.19. The topological polar surface area (TPSA) is 24.1 Å². The van der Waals surface area contributed by atoms with Gasteiger partial charge in [-0.3, -0.25) is 0 Å². The lowest BCUT2D eigenvalue weighted by Crippen LogP contribution is -2.53. The Morgan fingerprint density at radius 3 is 2.67 bits per heavy atom. The fourth-order valence-electron chi connectivity index (χ4n) is 2.34. The van der Waals surface area contributed by atoms with Crippen LogP contribution in [-0.2, 0) is 0 Å². The third-order valence-corrected chi connectivity index (χ3v) is 3.37. The van der Waals surface area contributed by atoms with Crippen LogP contribution in [0, 0.1) is 11.6 Å². The zero-order valence-electron chi connectivity index (χ0n) is 8.24. The van der Waals surface area contributed by atoms with Crippen LogP contribution in [0.25, 0.3) is 0 Å². The van der Waals surface area contributed by atoms with Crippen molar-refractivity contribution < 1.29 is 8.78 Å². The van der Waals surface area contributed by atoms with Gasteiger partial charge in [-0.15, -0.1) is 0 Å². The fourth-order valence-corrected chi connectivity index (χ4v) is 2.34. The molecule has 0 unspecified atom stereocenters. The summed E-state index contributed by atoms with van der Waals surface area (Å²) in [5.74, 6) is -1.05. The lowest BCUT2D eigenvalue weighted by molar-refractivity contribution is 0.290. The Bertz CT molecular complexity index is 413. The van der Waals surface area contributed by atoms with Crippen LogP contribution in [0.2, 0.25) is 0 Å². The molecular formula is C11H12F2N2. The molecule has 80 valence electrons. The Kier molecular flexibility index (Phi) is 1.69. The molecule has 15 heavy (non-hydrogen) atoms. The first-order valence-corrected chi connectivity index (χ1v) is 5.20. The third-order valence-electron chi connectivity index (χ3n) is 3.37. The van der Waals surface area contributed by atoms with Crippen molar-refractivity contribution in [2.45, 2.75) is 24.8 Å². The van der Waals surface area contributed by atoms with Crippen molar-refractivity contribution >= 4 is 11.4 Å². The monoisotopic (exact) mass is 210 g/mol. The maximum Gasteiger partial charge on any atom is 0.151 e. The predicted molar refractivity (Wildman–Crippen MR) is 55.1 cm³/mol. The van der Waals surface area contributed by atoms with Gasteiger partial charge >= 0.3 is 0 Å². The lowest BCUT2D eigenvalue weighted by atomic mass is 9.75. The van der Waals surface area contributed by atoms with E-state index in [1.165, 1.54) is 12.5 Å². The average molecular weight is 210 g/mol. The van der Waals surface area contributed by atoms with E-state index in [1.54, 1.807) is 0 Å². The predicted octanol–water partition coefficient (Wildman–Crippen LogP) is 2.72. The van der Waals surface area contributed by atoms with Crippen LogP contribution in [0.5, 0.6) is 0 Å². The molecule has 0 aromatic heterocycles. The summed E-state index contributed by atoms with van der Waals surface area (Å²) in [6, 6.07) is 2.26. The molecule has 0 amide bonds. The molecule has 2 nitrogen and oxygen atoms in total. The van der Waals surface area contributed by atoms with E-state index in [4.69, 9.17) is 0 Å². The van der Waals surface area contributed by atoms with Crippen molar-refractivity contribution in [3.05, 3.63) is 23.8 Å². The maximum atomic E-state index is 13.4. The van der Waals surface area contributed by atoms with Gasteiger partial charge in [0.25, 0.3) is 0 Å². The molecule has 0 saturated heterocycles. The molecule has 1 saturated carbocycles. The number of hydrogen-bond donors (Lipinski definition) is 2. The molecule has 0 bridgehead atoms. The minimum absolute atomic E-state index is 0.0350. The SMILES string of the molecule is Fc1cc(F)c2c(c1)NC1(CCC1)CN2. The van der Waals surface area contributed by atoms with Gasteiger partial charge in [-0.25, -0.2) is 8.78 Å². The Morgan fingerprint density at radius 1 is 1.20 bits per heavy atom. The van der Waals surface area contributed by atoms with Gasteiger partial charge < -0.3 is 10.6 Å². The lowest BCUT2D eigenvalue weighted by Gasteiger charge is -2.47. The summed E-state index contributed by atoms with van der Waals surface area (Å²) in [5.41, 5.74) is 0.986. The highest BCUT2D eigenvalue weighted by atomic mass is 19.1. The molecule has 1 spiro atoms. The Morgan fingerprint density at radius 2 is 2.00 bits per heavy atom. The highest BCUT2D eigenvalue weighted by molar-refractivity contribution is 5.73. The number of anilines is 2. The van der Waals surface area contributed by atoms with Gasteiger partial charge in [0.15, 0.2) is 5.82 Å².